The van der Waals surface area contributed by atoms with Gasteiger partial charge in [0.25, 0.3) is 0 Å². The Morgan fingerprint density at radius 1 is 1.27 bits per heavy atom. The molecule has 33 heavy (non-hydrogen) atoms. The number of nitrogens with zero attached hydrogens (tertiary/aromatic N) is 3. The summed E-state index contributed by atoms with van der Waals surface area (Å²) in [6.45, 7) is 1.01. The lowest BCUT2D eigenvalue weighted by Crippen LogP contribution is -2.35. The van der Waals surface area contributed by atoms with Gasteiger partial charge in [0.05, 0.1) is 12.1 Å². The molecule has 6 nitrogen and oxygen atoms in total. The number of amides is 2. The van der Waals surface area contributed by atoms with Crippen molar-refractivity contribution >= 4 is 45.8 Å². The molecule has 1 aliphatic rings. The topological polar surface area (TPSA) is 86.1 Å². The lowest BCUT2D eigenvalue weighted by atomic mass is 10.0. The number of aryl methyl sites for hydroxylation is 1. The number of aromatic nitrogens is 1. The van der Waals surface area contributed by atoms with Crippen LogP contribution in [0.15, 0.2) is 54.9 Å². The van der Waals surface area contributed by atoms with E-state index in [1.807, 2.05) is 35.2 Å². The number of rotatable bonds is 6. The maximum Gasteiger partial charge on any atom is 0.249 e. The highest BCUT2D eigenvalue weighted by atomic mass is 35.5. The van der Waals surface area contributed by atoms with Crippen molar-refractivity contribution in [3.05, 3.63) is 87.0 Å². The smallest absolute Gasteiger partial charge is 0.249 e. The van der Waals surface area contributed by atoms with Gasteiger partial charge in [0.1, 0.15) is 11.1 Å². The van der Waals surface area contributed by atoms with E-state index < -0.39 is 0 Å². The van der Waals surface area contributed by atoms with Crippen LogP contribution in [0.5, 0.6) is 0 Å². The highest BCUT2D eigenvalue weighted by Gasteiger charge is 2.27. The molecule has 0 fully saturated rings. The van der Waals surface area contributed by atoms with Crippen molar-refractivity contribution < 1.29 is 9.59 Å². The predicted octanol–water partition coefficient (Wildman–Crippen LogP) is 4.84. The molecule has 166 valence electrons. The summed E-state index contributed by atoms with van der Waals surface area (Å²) < 4.78 is 0. The fourth-order valence-electron chi connectivity index (χ4n) is 3.71. The third-order valence-corrected chi connectivity index (χ3v) is 6.90. The van der Waals surface area contributed by atoms with Gasteiger partial charge in [0, 0.05) is 41.3 Å². The number of carbonyl (C=O) groups excluding carboxylic acids is 2. The van der Waals surface area contributed by atoms with Crippen LogP contribution < -0.4 is 5.32 Å². The van der Waals surface area contributed by atoms with Gasteiger partial charge in [-0.05, 0) is 47.7 Å². The number of halogens is 1. The summed E-state index contributed by atoms with van der Waals surface area (Å²) in [7, 11) is 0. The Labute approximate surface area is 201 Å². The van der Waals surface area contributed by atoms with E-state index >= 15 is 0 Å². The Morgan fingerprint density at radius 3 is 2.88 bits per heavy atom. The zero-order valence-corrected chi connectivity index (χ0v) is 19.3. The van der Waals surface area contributed by atoms with E-state index in [9.17, 15) is 14.9 Å². The molecule has 1 aliphatic heterocycles. The van der Waals surface area contributed by atoms with E-state index in [0.29, 0.717) is 47.9 Å². The minimum absolute atomic E-state index is 0.0738. The number of hydrogen-bond donors (Lipinski definition) is 1. The maximum atomic E-state index is 12.7. The van der Waals surface area contributed by atoms with Gasteiger partial charge >= 0.3 is 0 Å². The average Bonchev–Trinajstić information content (AvgIpc) is 3.18. The summed E-state index contributed by atoms with van der Waals surface area (Å²) in [6, 6.07) is 13.3. The zero-order valence-electron chi connectivity index (χ0n) is 17.8. The molecule has 2 aromatic heterocycles. The molecule has 4 rings (SSSR count). The Balaban J connectivity index is 1.42. The quantitative estimate of drug-likeness (QED) is 0.516. The van der Waals surface area contributed by atoms with Crippen LogP contribution in [0.25, 0.3) is 6.08 Å². The van der Waals surface area contributed by atoms with Crippen molar-refractivity contribution in [3.63, 3.8) is 0 Å². The molecule has 0 unspecified atom stereocenters. The molecule has 3 heterocycles. The molecule has 1 N–H and O–H groups in total. The number of hydrogen-bond acceptors (Lipinski definition) is 5. The standard InChI is InChI=1S/C25H21ClN4O2S/c26-21-6-2-1-5-18(21)8-9-23(31)29-25-20(14-27)19-11-13-30(16-22(19)33-25)24(32)10-7-17-4-3-12-28-15-17/h1-6,8-9,12,15H,7,10-11,13,16H2,(H,29,31)/b9-8+. The Kier molecular flexibility index (Phi) is 7.18. The van der Waals surface area contributed by atoms with Crippen LogP contribution in [0.4, 0.5) is 5.00 Å². The summed E-state index contributed by atoms with van der Waals surface area (Å²) in [6.07, 6.45) is 8.17. The second-order valence-corrected chi connectivity index (χ2v) is 9.10. The molecule has 0 aliphatic carbocycles. The third-order valence-electron chi connectivity index (χ3n) is 5.43. The summed E-state index contributed by atoms with van der Waals surface area (Å²) in [5, 5.41) is 13.6. The van der Waals surface area contributed by atoms with Crippen LogP contribution in [0.3, 0.4) is 0 Å². The number of nitrogens with one attached hydrogen (secondary N) is 1. The summed E-state index contributed by atoms with van der Waals surface area (Å²) in [5.74, 6) is -0.265. The Bertz CT molecular complexity index is 1250. The van der Waals surface area contributed by atoms with Gasteiger partial charge in [-0.2, -0.15) is 5.26 Å². The molecule has 0 spiro atoms. The molecular formula is C25H21ClN4O2S. The van der Waals surface area contributed by atoms with Crippen LogP contribution in [-0.4, -0.2) is 28.2 Å². The van der Waals surface area contributed by atoms with E-state index in [4.69, 9.17) is 11.6 Å². The minimum Gasteiger partial charge on any atom is -0.337 e. The van der Waals surface area contributed by atoms with Crippen molar-refractivity contribution in [2.24, 2.45) is 0 Å². The fraction of sp³-hybridized carbons (Fsp3) is 0.200. The highest BCUT2D eigenvalue weighted by Crippen LogP contribution is 2.37. The molecule has 0 saturated carbocycles. The normalized spacial score (nSPS) is 12.9. The SMILES string of the molecule is N#Cc1c(NC(=O)/C=C/c2ccccc2Cl)sc2c1CCN(C(=O)CCc1cccnc1)C2. The van der Waals surface area contributed by atoms with Crippen molar-refractivity contribution in [2.75, 3.05) is 11.9 Å². The first-order valence-corrected chi connectivity index (χ1v) is 11.7. The molecule has 0 atom stereocenters. The van der Waals surface area contributed by atoms with Crippen molar-refractivity contribution in [1.82, 2.24) is 9.88 Å². The first-order valence-electron chi connectivity index (χ1n) is 10.5. The maximum absolute atomic E-state index is 12.7. The molecule has 2 amide bonds. The lowest BCUT2D eigenvalue weighted by molar-refractivity contribution is -0.132. The van der Waals surface area contributed by atoms with Crippen molar-refractivity contribution in [2.45, 2.75) is 25.8 Å². The third kappa shape index (κ3) is 5.48. The van der Waals surface area contributed by atoms with Gasteiger partial charge in [-0.1, -0.05) is 35.9 Å². The molecule has 3 aromatic rings. The largest absolute Gasteiger partial charge is 0.337 e. The van der Waals surface area contributed by atoms with Crippen molar-refractivity contribution in [3.8, 4) is 6.07 Å². The van der Waals surface area contributed by atoms with Gasteiger partial charge in [0.15, 0.2) is 0 Å². The van der Waals surface area contributed by atoms with Crippen LogP contribution >= 0.6 is 22.9 Å². The predicted molar refractivity (Wildman–Crippen MR) is 130 cm³/mol. The number of carbonyl (C=O) groups is 2. The lowest BCUT2D eigenvalue weighted by Gasteiger charge is -2.27. The first-order chi connectivity index (χ1) is 16.0. The number of benzene rings is 1. The zero-order chi connectivity index (χ0) is 23.2. The number of fused-ring (bicyclic) bond motifs is 1. The second-order valence-electron chi connectivity index (χ2n) is 7.59. The van der Waals surface area contributed by atoms with E-state index in [1.54, 1.807) is 24.5 Å². The molecular weight excluding hydrogens is 456 g/mol. The summed E-state index contributed by atoms with van der Waals surface area (Å²) in [4.78, 5) is 32.0. The molecule has 0 saturated heterocycles. The van der Waals surface area contributed by atoms with Gasteiger partial charge in [-0.15, -0.1) is 11.3 Å². The van der Waals surface area contributed by atoms with Gasteiger partial charge in [-0.3, -0.25) is 14.6 Å². The van der Waals surface area contributed by atoms with Gasteiger partial charge < -0.3 is 10.2 Å². The average molecular weight is 477 g/mol. The first kappa shape index (κ1) is 22.7. The number of nitriles is 1. The molecule has 1 aromatic carbocycles. The van der Waals surface area contributed by atoms with Crippen molar-refractivity contribution in [1.29, 1.82) is 5.26 Å². The van der Waals surface area contributed by atoms with Crippen LogP contribution in [0.1, 0.15) is 33.6 Å². The summed E-state index contributed by atoms with van der Waals surface area (Å²) in [5.41, 5.74) is 3.17. The number of thiophene rings is 1. The van der Waals surface area contributed by atoms with Crippen LogP contribution in [-0.2, 0) is 29.0 Å². The Hall–Kier alpha value is -3.47. The number of pyridine rings is 1. The minimum atomic E-state index is -0.339. The molecule has 8 heteroatoms. The fourth-order valence-corrected chi connectivity index (χ4v) is 5.12. The van der Waals surface area contributed by atoms with E-state index in [2.05, 4.69) is 16.4 Å². The monoisotopic (exact) mass is 476 g/mol. The van der Waals surface area contributed by atoms with Crippen LogP contribution in [0, 0.1) is 11.3 Å². The molecule has 0 bridgehead atoms. The van der Waals surface area contributed by atoms with Gasteiger partial charge in [0.2, 0.25) is 11.8 Å². The van der Waals surface area contributed by atoms with E-state index in [-0.39, 0.29) is 11.8 Å². The van der Waals surface area contributed by atoms with Crippen LogP contribution in [0.2, 0.25) is 5.02 Å². The Morgan fingerprint density at radius 2 is 2.12 bits per heavy atom. The highest BCUT2D eigenvalue weighted by molar-refractivity contribution is 7.16. The van der Waals surface area contributed by atoms with Gasteiger partial charge in [-0.25, -0.2) is 0 Å². The van der Waals surface area contributed by atoms with E-state index in [1.165, 1.54) is 17.4 Å². The van der Waals surface area contributed by atoms with E-state index in [0.717, 1.165) is 21.6 Å². The summed E-state index contributed by atoms with van der Waals surface area (Å²) >= 11 is 7.48. The number of anilines is 1. The second kappa shape index (κ2) is 10.4. The molecule has 0 radical (unpaired) electrons.